The Balaban J connectivity index is 1.42. The van der Waals surface area contributed by atoms with Crippen molar-refractivity contribution in [3.63, 3.8) is 0 Å². The van der Waals surface area contributed by atoms with Crippen LogP contribution in [0.3, 0.4) is 0 Å². The topological polar surface area (TPSA) is 85.6 Å². The molecular formula is C32H34F2N6O2S. The van der Waals surface area contributed by atoms with Crippen molar-refractivity contribution < 1.29 is 18.3 Å². The number of hydrogen-bond acceptors (Lipinski definition) is 8. The quantitative estimate of drug-likeness (QED) is 0.333. The zero-order valence-corrected chi connectivity index (χ0v) is 25.0. The second-order valence-electron chi connectivity index (χ2n) is 11.4. The van der Waals surface area contributed by atoms with Gasteiger partial charge in [0, 0.05) is 41.5 Å². The molecule has 0 N–H and O–H groups in total. The predicted molar refractivity (Wildman–Crippen MR) is 163 cm³/mol. The Morgan fingerprint density at radius 1 is 1.16 bits per heavy atom. The number of aryl methyl sites for hydroxylation is 1. The van der Waals surface area contributed by atoms with Crippen molar-refractivity contribution in [1.29, 1.82) is 5.26 Å². The number of amides is 1. The minimum Gasteiger partial charge on any atom is -0.462 e. The third-order valence-corrected chi connectivity index (χ3v) is 9.93. The van der Waals surface area contributed by atoms with E-state index in [1.165, 1.54) is 10.5 Å². The third kappa shape index (κ3) is 5.78. The average molecular weight is 605 g/mol. The van der Waals surface area contributed by atoms with Gasteiger partial charge in [-0.2, -0.15) is 15.2 Å². The molecule has 2 fully saturated rings. The number of ether oxygens (including phenoxy) is 1. The van der Waals surface area contributed by atoms with Gasteiger partial charge in [0.1, 0.15) is 17.9 Å². The van der Waals surface area contributed by atoms with Gasteiger partial charge in [-0.15, -0.1) is 11.8 Å². The van der Waals surface area contributed by atoms with Gasteiger partial charge in [-0.05, 0) is 62.2 Å². The molecule has 6 rings (SSSR count). The van der Waals surface area contributed by atoms with Crippen LogP contribution in [-0.4, -0.2) is 83.3 Å². The number of halogens is 2. The molecule has 0 bridgehead atoms. The third-order valence-electron chi connectivity index (χ3n) is 8.67. The summed E-state index contributed by atoms with van der Waals surface area (Å²) in [6, 6.07) is 11.5. The van der Waals surface area contributed by atoms with E-state index >= 15 is 4.39 Å². The van der Waals surface area contributed by atoms with E-state index in [0.717, 1.165) is 48.4 Å². The second-order valence-corrected chi connectivity index (χ2v) is 12.5. The van der Waals surface area contributed by atoms with Gasteiger partial charge in [-0.3, -0.25) is 4.79 Å². The van der Waals surface area contributed by atoms with E-state index in [9.17, 15) is 14.4 Å². The number of thioether (sulfide) groups is 1. The molecule has 224 valence electrons. The molecular weight excluding hydrogens is 570 g/mol. The highest BCUT2D eigenvalue weighted by Gasteiger charge is 2.34. The molecule has 11 heteroatoms. The first-order valence-corrected chi connectivity index (χ1v) is 15.7. The van der Waals surface area contributed by atoms with Gasteiger partial charge in [0.25, 0.3) is 5.91 Å². The van der Waals surface area contributed by atoms with Crippen LogP contribution in [0.25, 0.3) is 22.0 Å². The van der Waals surface area contributed by atoms with Gasteiger partial charge in [0.05, 0.1) is 18.5 Å². The Kier molecular flexibility index (Phi) is 8.50. The van der Waals surface area contributed by atoms with Gasteiger partial charge in [-0.1, -0.05) is 30.8 Å². The normalized spacial score (nSPS) is 20.6. The maximum Gasteiger partial charge on any atom is 0.319 e. The number of carbonyl (C=O) groups is 1. The molecule has 0 saturated carbocycles. The zero-order chi connectivity index (χ0) is 30.1. The number of likely N-dealkylation sites (tertiary alicyclic amines) is 1. The molecule has 3 aliphatic rings. The number of hydrogen-bond donors (Lipinski definition) is 0. The maximum absolute atomic E-state index is 16.6. The maximum atomic E-state index is 16.6. The highest BCUT2D eigenvalue weighted by atomic mass is 32.2. The van der Waals surface area contributed by atoms with E-state index in [0.29, 0.717) is 29.9 Å². The second kappa shape index (κ2) is 12.5. The lowest BCUT2D eigenvalue weighted by atomic mass is 9.98. The molecule has 1 amide bonds. The number of benzene rings is 2. The lowest BCUT2D eigenvalue weighted by Crippen LogP contribution is -2.55. The molecule has 1 aromatic heterocycles. The lowest BCUT2D eigenvalue weighted by molar-refractivity contribution is -0.131. The SMILES string of the molecule is C=C(F)C(=O)N1CCN(c2nc(OC[C@@H]3CCCN3C)nc3c(F)c(-c4cccc5c4SCCC5)ccc23)C[C@@H]1CC#N. The first kappa shape index (κ1) is 29.3. The average Bonchev–Trinajstić information content (AvgIpc) is 3.44. The summed E-state index contributed by atoms with van der Waals surface area (Å²) < 4.78 is 36.5. The molecule has 8 nitrogen and oxygen atoms in total. The number of likely N-dealkylation sites (N-methyl/N-ethyl adjacent to an activating group) is 1. The van der Waals surface area contributed by atoms with Crippen LogP contribution >= 0.6 is 11.8 Å². The monoisotopic (exact) mass is 604 g/mol. The number of aromatic nitrogens is 2. The Morgan fingerprint density at radius 2 is 2.02 bits per heavy atom. The van der Waals surface area contributed by atoms with Gasteiger partial charge >= 0.3 is 6.01 Å². The zero-order valence-electron chi connectivity index (χ0n) is 24.2. The van der Waals surface area contributed by atoms with Crippen LogP contribution in [0.4, 0.5) is 14.6 Å². The van der Waals surface area contributed by atoms with E-state index in [2.05, 4.69) is 35.6 Å². The number of nitrogens with zero attached hydrogens (tertiary/aromatic N) is 6. The van der Waals surface area contributed by atoms with Crippen LogP contribution in [0, 0.1) is 17.1 Å². The van der Waals surface area contributed by atoms with E-state index in [4.69, 9.17) is 9.72 Å². The molecule has 0 unspecified atom stereocenters. The molecule has 3 aliphatic heterocycles. The Bertz CT molecular complexity index is 1610. The fourth-order valence-electron chi connectivity index (χ4n) is 6.35. The molecule has 0 radical (unpaired) electrons. The summed E-state index contributed by atoms with van der Waals surface area (Å²) in [5, 5.41) is 9.97. The summed E-state index contributed by atoms with van der Waals surface area (Å²) in [6.45, 7) is 5.20. The number of anilines is 1. The number of carbonyl (C=O) groups excluding carboxylic acids is 1. The molecule has 2 saturated heterocycles. The van der Waals surface area contributed by atoms with Crippen LogP contribution in [0.15, 0.2) is 47.6 Å². The van der Waals surface area contributed by atoms with Gasteiger partial charge in [0.2, 0.25) is 0 Å². The van der Waals surface area contributed by atoms with Gasteiger partial charge in [-0.25, -0.2) is 8.78 Å². The standard InChI is InChI=1S/C32H34F2N6O2S/c1-20(33)31(41)40-16-15-39(18-22(40)12-13-35)30-26-11-10-24(25-9-3-6-21-7-5-17-43-29(21)25)27(34)28(26)36-32(37-30)42-19-23-8-4-14-38(23)2/h3,6,9-11,22-23H,1,4-5,7-8,12,14-19H2,2H3/t22-,23-/m0/s1. The molecule has 2 atom stereocenters. The number of piperazine rings is 1. The van der Waals surface area contributed by atoms with Crippen molar-refractivity contribution in [1.82, 2.24) is 19.8 Å². The Morgan fingerprint density at radius 3 is 2.79 bits per heavy atom. The van der Waals surface area contributed by atoms with Crippen molar-refractivity contribution in [2.75, 3.05) is 50.5 Å². The summed E-state index contributed by atoms with van der Waals surface area (Å²) in [7, 11) is 2.06. The molecule has 3 aromatic rings. The summed E-state index contributed by atoms with van der Waals surface area (Å²) in [4.78, 5) is 28.4. The van der Waals surface area contributed by atoms with Crippen molar-refractivity contribution in [2.45, 2.75) is 49.1 Å². The minimum atomic E-state index is -1.06. The first-order chi connectivity index (χ1) is 20.9. The molecule has 0 spiro atoms. The van der Waals surface area contributed by atoms with Crippen LogP contribution in [-0.2, 0) is 11.2 Å². The summed E-state index contributed by atoms with van der Waals surface area (Å²) in [5.41, 5.74) is 2.71. The number of rotatable bonds is 7. The van der Waals surface area contributed by atoms with Crippen molar-refractivity contribution in [2.24, 2.45) is 0 Å². The fourth-order valence-corrected chi connectivity index (χ4v) is 7.53. The Labute approximate surface area is 254 Å². The lowest BCUT2D eigenvalue weighted by Gasteiger charge is -2.41. The molecule has 0 aliphatic carbocycles. The largest absolute Gasteiger partial charge is 0.462 e. The number of fused-ring (bicyclic) bond motifs is 2. The van der Waals surface area contributed by atoms with Crippen LogP contribution in [0.1, 0.15) is 31.2 Å². The Hall–Kier alpha value is -3.75. The first-order valence-electron chi connectivity index (χ1n) is 14.7. The van der Waals surface area contributed by atoms with E-state index in [1.807, 2.05) is 23.1 Å². The predicted octanol–water partition coefficient (Wildman–Crippen LogP) is 5.36. The van der Waals surface area contributed by atoms with Crippen molar-refractivity contribution in [3.8, 4) is 23.2 Å². The molecule has 2 aromatic carbocycles. The van der Waals surface area contributed by atoms with Crippen LogP contribution in [0.5, 0.6) is 6.01 Å². The van der Waals surface area contributed by atoms with Gasteiger partial charge < -0.3 is 19.4 Å². The summed E-state index contributed by atoms with van der Waals surface area (Å²) in [6.07, 6.45) is 4.16. The smallest absolute Gasteiger partial charge is 0.319 e. The number of nitriles is 1. The van der Waals surface area contributed by atoms with Crippen molar-refractivity contribution in [3.05, 3.63) is 54.1 Å². The summed E-state index contributed by atoms with van der Waals surface area (Å²) in [5.74, 6) is -0.875. The van der Waals surface area contributed by atoms with Crippen LogP contribution < -0.4 is 9.64 Å². The molecule has 43 heavy (non-hydrogen) atoms. The highest BCUT2D eigenvalue weighted by molar-refractivity contribution is 7.99. The molecule has 4 heterocycles. The summed E-state index contributed by atoms with van der Waals surface area (Å²) >= 11 is 1.76. The highest BCUT2D eigenvalue weighted by Crippen LogP contribution is 2.41. The fraction of sp³-hybridized carbons (Fsp3) is 0.438. The van der Waals surface area contributed by atoms with Crippen molar-refractivity contribution >= 4 is 34.4 Å². The van der Waals surface area contributed by atoms with E-state index in [1.54, 1.807) is 17.8 Å². The van der Waals surface area contributed by atoms with Gasteiger partial charge in [0.15, 0.2) is 11.6 Å². The minimum absolute atomic E-state index is 0.00516. The van der Waals surface area contributed by atoms with E-state index in [-0.39, 0.29) is 37.1 Å². The van der Waals surface area contributed by atoms with E-state index < -0.39 is 23.6 Å². The van der Waals surface area contributed by atoms with Crippen LogP contribution in [0.2, 0.25) is 0 Å².